The number of nitrogens with zero attached hydrogens (tertiary/aromatic N) is 1. The van der Waals surface area contributed by atoms with E-state index in [4.69, 9.17) is 0 Å². The van der Waals surface area contributed by atoms with Gasteiger partial charge < -0.3 is 0 Å². The Morgan fingerprint density at radius 2 is 1.04 bits per heavy atom. The average molecular weight is 345 g/mol. The van der Waals surface area contributed by atoms with E-state index in [2.05, 4.69) is 112 Å². The van der Waals surface area contributed by atoms with Crippen LogP contribution in [0.1, 0.15) is 69.4 Å². The molecule has 2 aromatic carbocycles. The number of aromatic nitrogens is 1. The summed E-state index contributed by atoms with van der Waals surface area (Å²) in [6.45, 7) is 11.5. The molecule has 0 saturated carbocycles. The lowest BCUT2D eigenvalue weighted by Crippen LogP contribution is -2.47. The Morgan fingerprint density at radius 1 is 0.577 bits per heavy atom. The number of rotatable bonds is 5. The van der Waals surface area contributed by atoms with Crippen LogP contribution in [0, 0.1) is 0 Å². The number of benzene rings is 2. The van der Waals surface area contributed by atoms with Crippen molar-refractivity contribution in [1.82, 2.24) is 0 Å². The molecule has 0 radical (unpaired) electrons. The van der Waals surface area contributed by atoms with Gasteiger partial charge in [0, 0.05) is 36.5 Å². The summed E-state index contributed by atoms with van der Waals surface area (Å²) in [7, 11) is 0. The molecule has 1 heteroatoms. The van der Waals surface area contributed by atoms with Crippen molar-refractivity contribution in [2.45, 2.75) is 52.5 Å². The molecule has 134 valence electrons. The first-order valence-corrected chi connectivity index (χ1v) is 9.68. The summed E-state index contributed by atoms with van der Waals surface area (Å²) in [4.78, 5) is 0. The molecule has 1 nitrogen and oxygen atoms in total. The highest BCUT2D eigenvalue weighted by Gasteiger charge is 2.29. The van der Waals surface area contributed by atoms with Gasteiger partial charge in [-0.05, 0) is 11.1 Å². The molecule has 0 bridgehead atoms. The number of hydrogen-bond acceptors (Lipinski definition) is 0. The summed E-state index contributed by atoms with van der Waals surface area (Å²) in [5, 5.41) is 0. The predicted molar refractivity (Wildman–Crippen MR) is 111 cm³/mol. The SMILES string of the molecule is CC(C)c1cc(-c2ccccc2)cc(C(C)C)[n+]1C(C)c1ccccc1. The summed E-state index contributed by atoms with van der Waals surface area (Å²) in [5.74, 6) is 0.921. The zero-order chi connectivity index (χ0) is 18.7. The normalized spacial score (nSPS) is 12.6. The van der Waals surface area contributed by atoms with E-state index in [1.54, 1.807) is 0 Å². The molecule has 0 aliphatic rings. The molecule has 0 saturated heterocycles. The fraction of sp³-hybridized carbons (Fsp3) is 0.320. The molecule has 26 heavy (non-hydrogen) atoms. The summed E-state index contributed by atoms with van der Waals surface area (Å²) < 4.78 is 2.55. The highest BCUT2D eigenvalue weighted by Crippen LogP contribution is 2.28. The highest BCUT2D eigenvalue weighted by atomic mass is 15.0. The van der Waals surface area contributed by atoms with Gasteiger partial charge in [0.05, 0.1) is 0 Å². The van der Waals surface area contributed by atoms with Gasteiger partial charge >= 0.3 is 0 Å². The Kier molecular flexibility index (Phi) is 5.56. The molecule has 1 heterocycles. The van der Waals surface area contributed by atoms with Crippen LogP contribution in [0.4, 0.5) is 0 Å². The zero-order valence-electron chi connectivity index (χ0n) is 16.6. The van der Waals surface area contributed by atoms with Gasteiger partial charge in [-0.2, -0.15) is 4.57 Å². The maximum atomic E-state index is 2.55. The Balaban J connectivity index is 2.22. The second-order valence-corrected chi connectivity index (χ2v) is 7.73. The molecule has 1 unspecified atom stereocenters. The summed E-state index contributed by atoms with van der Waals surface area (Å²) in [6.07, 6.45) is 0. The van der Waals surface area contributed by atoms with Crippen LogP contribution in [0.25, 0.3) is 11.1 Å². The molecule has 0 aliphatic heterocycles. The van der Waals surface area contributed by atoms with E-state index in [1.165, 1.54) is 28.1 Å². The zero-order valence-corrected chi connectivity index (χ0v) is 16.6. The first-order valence-electron chi connectivity index (χ1n) is 9.68. The van der Waals surface area contributed by atoms with Gasteiger partial charge in [-0.25, -0.2) is 0 Å². The molecule has 0 N–H and O–H groups in total. The molecule has 0 amide bonds. The third-order valence-corrected chi connectivity index (χ3v) is 5.12. The molecule has 0 spiro atoms. The molecule has 3 rings (SSSR count). The highest BCUT2D eigenvalue weighted by molar-refractivity contribution is 5.63. The standard InChI is InChI=1S/C25H30N/c1-18(2)24-16-23(22-14-10-7-11-15-22)17-25(19(3)4)26(24)20(5)21-12-8-6-9-13-21/h6-20H,1-5H3/q+1. The van der Waals surface area contributed by atoms with Crippen LogP contribution < -0.4 is 4.57 Å². The topological polar surface area (TPSA) is 3.88 Å². The lowest BCUT2D eigenvalue weighted by molar-refractivity contribution is -0.726. The summed E-state index contributed by atoms with van der Waals surface area (Å²) >= 11 is 0. The van der Waals surface area contributed by atoms with E-state index >= 15 is 0 Å². The van der Waals surface area contributed by atoms with Crippen LogP contribution in [0.5, 0.6) is 0 Å². The van der Waals surface area contributed by atoms with Gasteiger partial charge in [0.25, 0.3) is 0 Å². The first kappa shape index (κ1) is 18.4. The van der Waals surface area contributed by atoms with Crippen molar-refractivity contribution in [1.29, 1.82) is 0 Å². The maximum Gasteiger partial charge on any atom is 0.185 e. The molecule has 3 aromatic rings. The van der Waals surface area contributed by atoms with E-state index in [9.17, 15) is 0 Å². The molecule has 1 atom stereocenters. The minimum atomic E-state index is 0.316. The first-order chi connectivity index (χ1) is 12.5. The van der Waals surface area contributed by atoms with Gasteiger partial charge in [0.1, 0.15) is 0 Å². The van der Waals surface area contributed by atoms with Gasteiger partial charge in [0.15, 0.2) is 17.4 Å². The van der Waals surface area contributed by atoms with E-state index in [0.717, 1.165) is 0 Å². The van der Waals surface area contributed by atoms with Crippen LogP contribution in [0.2, 0.25) is 0 Å². The van der Waals surface area contributed by atoms with E-state index in [-0.39, 0.29) is 0 Å². The Hall–Kier alpha value is -2.41. The number of hydrogen-bond donors (Lipinski definition) is 0. The van der Waals surface area contributed by atoms with Crippen LogP contribution in [-0.4, -0.2) is 0 Å². The quantitative estimate of drug-likeness (QED) is 0.465. The molecule has 0 fully saturated rings. The van der Waals surface area contributed by atoms with Crippen LogP contribution in [0.3, 0.4) is 0 Å². The third-order valence-electron chi connectivity index (χ3n) is 5.12. The molecular formula is C25H30N+. The molecule has 0 aliphatic carbocycles. The maximum absolute atomic E-state index is 2.55. The monoisotopic (exact) mass is 344 g/mol. The fourth-order valence-corrected chi connectivity index (χ4v) is 3.66. The van der Waals surface area contributed by atoms with E-state index in [1.807, 2.05) is 0 Å². The minimum Gasteiger partial charge on any atom is -0.192 e. The largest absolute Gasteiger partial charge is 0.192 e. The second-order valence-electron chi connectivity index (χ2n) is 7.73. The smallest absolute Gasteiger partial charge is 0.185 e. The van der Waals surface area contributed by atoms with Crippen molar-refractivity contribution in [3.05, 3.63) is 89.7 Å². The van der Waals surface area contributed by atoms with Gasteiger partial charge in [-0.1, -0.05) is 88.4 Å². The van der Waals surface area contributed by atoms with Crippen molar-refractivity contribution in [3.8, 4) is 11.1 Å². The van der Waals surface area contributed by atoms with Crippen molar-refractivity contribution in [2.75, 3.05) is 0 Å². The molecule has 1 aromatic heterocycles. The summed E-state index contributed by atoms with van der Waals surface area (Å²) in [6, 6.07) is 26.6. The minimum absolute atomic E-state index is 0.316. The Morgan fingerprint density at radius 3 is 1.50 bits per heavy atom. The van der Waals surface area contributed by atoms with Crippen LogP contribution >= 0.6 is 0 Å². The average Bonchev–Trinajstić information content (AvgIpc) is 2.67. The van der Waals surface area contributed by atoms with Crippen LogP contribution in [-0.2, 0) is 0 Å². The van der Waals surface area contributed by atoms with Crippen molar-refractivity contribution >= 4 is 0 Å². The van der Waals surface area contributed by atoms with Gasteiger partial charge in [-0.3, -0.25) is 0 Å². The van der Waals surface area contributed by atoms with Crippen molar-refractivity contribution in [3.63, 3.8) is 0 Å². The van der Waals surface area contributed by atoms with Crippen molar-refractivity contribution in [2.24, 2.45) is 0 Å². The van der Waals surface area contributed by atoms with E-state index in [0.29, 0.717) is 17.9 Å². The third kappa shape index (κ3) is 3.72. The predicted octanol–water partition coefficient (Wildman–Crippen LogP) is 6.50. The Bertz CT molecular complexity index is 819. The van der Waals surface area contributed by atoms with Gasteiger partial charge in [0.2, 0.25) is 0 Å². The molecular weight excluding hydrogens is 314 g/mol. The second kappa shape index (κ2) is 7.86. The lowest BCUT2D eigenvalue weighted by atomic mass is 9.95. The Labute approximate surface area is 158 Å². The number of pyridine rings is 1. The van der Waals surface area contributed by atoms with E-state index < -0.39 is 0 Å². The fourth-order valence-electron chi connectivity index (χ4n) is 3.66. The summed E-state index contributed by atoms with van der Waals surface area (Å²) in [5.41, 5.74) is 6.75. The lowest BCUT2D eigenvalue weighted by Gasteiger charge is -2.20. The van der Waals surface area contributed by atoms with Crippen LogP contribution in [0.15, 0.2) is 72.8 Å². The van der Waals surface area contributed by atoms with Gasteiger partial charge in [-0.15, -0.1) is 0 Å². The van der Waals surface area contributed by atoms with Crippen molar-refractivity contribution < 1.29 is 4.57 Å².